The Hall–Kier alpha value is -0.760. The highest BCUT2D eigenvalue weighted by Crippen LogP contribution is 2.30. The van der Waals surface area contributed by atoms with Gasteiger partial charge in [0.2, 0.25) is 0 Å². The van der Waals surface area contributed by atoms with Gasteiger partial charge in [-0.3, -0.25) is 0 Å². The monoisotopic (exact) mass is 244 g/mol. The summed E-state index contributed by atoms with van der Waals surface area (Å²) < 4.78 is 18.5. The number of halogens is 2. The lowest BCUT2D eigenvalue weighted by Crippen LogP contribution is -2.08. The molecule has 1 nitrogen and oxygen atoms in total. The van der Waals surface area contributed by atoms with Crippen molar-refractivity contribution in [3.05, 3.63) is 29.6 Å². The standard InChI is InChI=1S/C13H18ClFO/c1-9(2)11(6-7-14)10-4-5-13(16-3)12(15)8-10/h4-5,8-9,11H,6-7H2,1-3H3. The van der Waals surface area contributed by atoms with Gasteiger partial charge in [0.25, 0.3) is 0 Å². The molecule has 0 aliphatic carbocycles. The molecule has 16 heavy (non-hydrogen) atoms. The van der Waals surface area contributed by atoms with Crippen LogP contribution in [0.2, 0.25) is 0 Å². The van der Waals surface area contributed by atoms with Crippen molar-refractivity contribution < 1.29 is 9.13 Å². The van der Waals surface area contributed by atoms with Crippen molar-refractivity contribution >= 4 is 11.6 Å². The van der Waals surface area contributed by atoms with Crippen LogP contribution < -0.4 is 4.74 Å². The third-order valence-electron chi connectivity index (χ3n) is 2.83. The topological polar surface area (TPSA) is 9.23 Å². The lowest BCUT2D eigenvalue weighted by atomic mass is 9.86. The van der Waals surface area contributed by atoms with E-state index in [2.05, 4.69) is 13.8 Å². The van der Waals surface area contributed by atoms with E-state index in [-0.39, 0.29) is 11.6 Å². The van der Waals surface area contributed by atoms with Gasteiger partial charge in [-0.15, -0.1) is 11.6 Å². The zero-order valence-corrected chi connectivity index (χ0v) is 10.7. The van der Waals surface area contributed by atoms with Gasteiger partial charge in [-0.05, 0) is 36.0 Å². The second-order valence-electron chi connectivity index (χ2n) is 4.22. The fourth-order valence-electron chi connectivity index (χ4n) is 1.92. The van der Waals surface area contributed by atoms with Gasteiger partial charge < -0.3 is 4.74 Å². The van der Waals surface area contributed by atoms with E-state index in [4.69, 9.17) is 16.3 Å². The number of ether oxygens (including phenoxy) is 1. The van der Waals surface area contributed by atoms with Crippen LogP contribution in [0, 0.1) is 11.7 Å². The van der Waals surface area contributed by atoms with Gasteiger partial charge in [0.05, 0.1) is 7.11 Å². The summed E-state index contributed by atoms with van der Waals surface area (Å²) in [6.45, 7) is 4.25. The van der Waals surface area contributed by atoms with Gasteiger partial charge in [-0.25, -0.2) is 4.39 Å². The highest BCUT2D eigenvalue weighted by atomic mass is 35.5. The zero-order valence-electron chi connectivity index (χ0n) is 9.97. The van der Waals surface area contributed by atoms with E-state index < -0.39 is 0 Å². The largest absolute Gasteiger partial charge is 0.494 e. The molecule has 0 saturated heterocycles. The Morgan fingerprint density at radius 2 is 2.06 bits per heavy atom. The summed E-state index contributed by atoms with van der Waals surface area (Å²) in [6.07, 6.45) is 0.866. The molecule has 0 fully saturated rings. The molecule has 0 aliphatic heterocycles. The zero-order chi connectivity index (χ0) is 12.1. The van der Waals surface area contributed by atoms with Crippen LogP contribution in [0.25, 0.3) is 0 Å². The summed E-state index contributed by atoms with van der Waals surface area (Å²) in [5.41, 5.74) is 0.994. The molecular formula is C13H18ClFO. The number of methoxy groups -OCH3 is 1. The quantitative estimate of drug-likeness (QED) is 0.706. The predicted octanol–water partition coefficient (Wildman–Crippen LogP) is 4.20. The molecule has 1 aromatic carbocycles. The molecule has 0 heterocycles. The number of hydrogen-bond donors (Lipinski definition) is 0. The van der Waals surface area contributed by atoms with Crippen LogP contribution in [0.4, 0.5) is 4.39 Å². The van der Waals surface area contributed by atoms with Crippen LogP contribution in [-0.2, 0) is 0 Å². The van der Waals surface area contributed by atoms with Crippen molar-refractivity contribution in [1.29, 1.82) is 0 Å². The normalized spacial score (nSPS) is 12.9. The summed E-state index contributed by atoms with van der Waals surface area (Å²) in [5.74, 6) is 1.33. The first kappa shape index (κ1) is 13.3. The first-order valence-corrected chi connectivity index (χ1v) is 6.03. The number of benzene rings is 1. The van der Waals surface area contributed by atoms with E-state index in [1.165, 1.54) is 7.11 Å². The molecule has 1 aromatic rings. The Balaban J connectivity index is 2.97. The van der Waals surface area contributed by atoms with Crippen LogP contribution in [0.15, 0.2) is 18.2 Å². The van der Waals surface area contributed by atoms with Crippen molar-refractivity contribution in [1.82, 2.24) is 0 Å². The van der Waals surface area contributed by atoms with E-state index in [1.54, 1.807) is 12.1 Å². The van der Waals surface area contributed by atoms with E-state index in [9.17, 15) is 4.39 Å². The first-order chi connectivity index (χ1) is 7.60. The summed E-state index contributed by atoms with van der Waals surface area (Å²) in [6, 6.07) is 5.14. The average molecular weight is 245 g/mol. The molecule has 1 unspecified atom stereocenters. The molecule has 0 aliphatic rings. The molecule has 1 atom stereocenters. The molecule has 0 saturated carbocycles. The summed E-state index contributed by atoms with van der Waals surface area (Å²) in [5, 5.41) is 0. The molecule has 0 aromatic heterocycles. The minimum absolute atomic E-state index is 0.289. The smallest absolute Gasteiger partial charge is 0.165 e. The maximum atomic E-state index is 13.6. The predicted molar refractivity (Wildman–Crippen MR) is 65.9 cm³/mol. The highest BCUT2D eigenvalue weighted by Gasteiger charge is 2.16. The van der Waals surface area contributed by atoms with Crippen molar-refractivity contribution in [2.75, 3.05) is 13.0 Å². The third kappa shape index (κ3) is 3.11. The van der Waals surface area contributed by atoms with E-state index in [1.807, 2.05) is 6.07 Å². The van der Waals surface area contributed by atoms with Crippen LogP contribution in [0.3, 0.4) is 0 Å². The van der Waals surface area contributed by atoms with E-state index in [0.717, 1.165) is 12.0 Å². The Labute approximate surface area is 102 Å². The molecule has 0 N–H and O–H groups in total. The fourth-order valence-corrected chi connectivity index (χ4v) is 2.15. The maximum Gasteiger partial charge on any atom is 0.165 e. The molecule has 1 rings (SSSR count). The molecule has 0 amide bonds. The van der Waals surface area contributed by atoms with Gasteiger partial charge >= 0.3 is 0 Å². The van der Waals surface area contributed by atoms with Crippen molar-refractivity contribution in [2.45, 2.75) is 26.2 Å². The minimum Gasteiger partial charge on any atom is -0.494 e. The first-order valence-electron chi connectivity index (χ1n) is 5.49. The lowest BCUT2D eigenvalue weighted by molar-refractivity contribution is 0.384. The Morgan fingerprint density at radius 1 is 1.38 bits per heavy atom. The number of hydrogen-bond acceptors (Lipinski definition) is 1. The van der Waals surface area contributed by atoms with Gasteiger partial charge in [-0.1, -0.05) is 19.9 Å². The minimum atomic E-state index is -0.305. The fraction of sp³-hybridized carbons (Fsp3) is 0.538. The van der Waals surface area contributed by atoms with Crippen LogP contribution in [0.5, 0.6) is 5.75 Å². The van der Waals surface area contributed by atoms with E-state index in [0.29, 0.717) is 17.7 Å². The molecule has 0 bridgehead atoms. The maximum absolute atomic E-state index is 13.6. The van der Waals surface area contributed by atoms with Gasteiger partial charge in [-0.2, -0.15) is 0 Å². The molecule has 3 heteroatoms. The van der Waals surface area contributed by atoms with Crippen LogP contribution >= 0.6 is 11.6 Å². The van der Waals surface area contributed by atoms with Gasteiger partial charge in [0, 0.05) is 5.88 Å². The Bertz CT molecular complexity index is 339. The van der Waals surface area contributed by atoms with Crippen molar-refractivity contribution in [3.8, 4) is 5.75 Å². The van der Waals surface area contributed by atoms with Gasteiger partial charge in [0.1, 0.15) is 0 Å². The second-order valence-corrected chi connectivity index (χ2v) is 4.60. The highest BCUT2D eigenvalue weighted by molar-refractivity contribution is 6.17. The van der Waals surface area contributed by atoms with Crippen molar-refractivity contribution in [3.63, 3.8) is 0 Å². The number of rotatable bonds is 5. The Morgan fingerprint density at radius 3 is 2.50 bits per heavy atom. The second kappa shape index (κ2) is 6.09. The summed E-state index contributed by atoms with van der Waals surface area (Å²) >= 11 is 5.77. The van der Waals surface area contributed by atoms with Crippen LogP contribution in [-0.4, -0.2) is 13.0 Å². The molecular weight excluding hydrogens is 227 g/mol. The molecule has 90 valence electrons. The number of alkyl halides is 1. The summed E-state index contributed by atoms with van der Waals surface area (Å²) in [4.78, 5) is 0. The third-order valence-corrected chi connectivity index (χ3v) is 3.05. The summed E-state index contributed by atoms with van der Waals surface area (Å²) in [7, 11) is 1.47. The molecule has 0 radical (unpaired) electrons. The van der Waals surface area contributed by atoms with E-state index >= 15 is 0 Å². The van der Waals surface area contributed by atoms with Gasteiger partial charge in [0.15, 0.2) is 11.6 Å². The lowest BCUT2D eigenvalue weighted by Gasteiger charge is -2.20. The SMILES string of the molecule is COc1ccc(C(CCCl)C(C)C)cc1F. The van der Waals surface area contributed by atoms with Crippen molar-refractivity contribution in [2.24, 2.45) is 5.92 Å². The average Bonchev–Trinajstić information content (AvgIpc) is 2.25. The Kier molecular flexibility index (Phi) is 5.07. The van der Waals surface area contributed by atoms with Crippen LogP contribution in [0.1, 0.15) is 31.7 Å². The molecule has 0 spiro atoms.